The maximum absolute atomic E-state index is 12.3. The third-order valence-corrected chi connectivity index (χ3v) is 3.75. The van der Waals surface area contributed by atoms with Gasteiger partial charge >= 0.3 is 0 Å². The van der Waals surface area contributed by atoms with Crippen molar-refractivity contribution in [1.29, 1.82) is 0 Å². The van der Waals surface area contributed by atoms with E-state index in [1.165, 1.54) is 0 Å². The maximum Gasteiger partial charge on any atom is 0.227 e. The Kier molecular flexibility index (Phi) is 5.59. The second kappa shape index (κ2) is 6.73. The second-order valence-corrected chi connectivity index (χ2v) is 5.29. The predicted octanol–water partition coefficient (Wildman–Crippen LogP) is 0.344. The average molecular weight is 255 g/mol. The Bertz CT molecular complexity index is 307. The van der Waals surface area contributed by atoms with Gasteiger partial charge in [-0.2, -0.15) is 0 Å². The van der Waals surface area contributed by atoms with Crippen molar-refractivity contribution in [3.63, 3.8) is 0 Å². The van der Waals surface area contributed by atoms with Crippen LogP contribution in [0.5, 0.6) is 0 Å². The van der Waals surface area contributed by atoms with Crippen LogP contribution in [-0.2, 0) is 9.59 Å². The molecule has 0 heterocycles. The summed E-state index contributed by atoms with van der Waals surface area (Å²) in [5.74, 6) is -0.218. The lowest BCUT2D eigenvalue weighted by atomic mass is 9.84. The summed E-state index contributed by atoms with van der Waals surface area (Å²) in [5.41, 5.74) is 6.01. The Morgan fingerprint density at radius 2 is 2.00 bits per heavy atom. The Morgan fingerprint density at radius 3 is 2.56 bits per heavy atom. The fourth-order valence-corrected chi connectivity index (χ4v) is 2.58. The van der Waals surface area contributed by atoms with Crippen LogP contribution >= 0.6 is 0 Å². The van der Waals surface area contributed by atoms with E-state index in [-0.39, 0.29) is 29.7 Å². The lowest BCUT2D eigenvalue weighted by Crippen LogP contribution is -2.46. The van der Waals surface area contributed by atoms with Crippen molar-refractivity contribution in [3.8, 4) is 0 Å². The number of carbonyl (C=O) groups excluding carboxylic acids is 2. The molecule has 3 unspecified atom stereocenters. The van der Waals surface area contributed by atoms with E-state index in [9.17, 15) is 9.59 Å². The second-order valence-electron chi connectivity index (χ2n) is 5.29. The molecule has 0 spiro atoms. The minimum Gasteiger partial charge on any atom is -0.359 e. The highest BCUT2D eigenvalue weighted by molar-refractivity contribution is 5.81. The first-order valence-corrected chi connectivity index (χ1v) is 6.69. The molecule has 3 N–H and O–H groups in total. The Labute approximate surface area is 109 Å². The summed E-state index contributed by atoms with van der Waals surface area (Å²) in [7, 11) is 3.36. The standard InChI is InChI=1S/C13H25N3O2/c1-9(12(17)15-2)8-16(3)13(18)10-6-4-5-7-11(10)14/h9-11H,4-8,14H2,1-3H3,(H,15,17). The Balaban J connectivity index is 2.52. The molecule has 0 saturated heterocycles. The van der Waals surface area contributed by atoms with Gasteiger partial charge in [-0.05, 0) is 12.8 Å². The number of amides is 2. The van der Waals surface area contributed by atoms with Gasteiger partial charge < -0.3 is 16.0 Å². The summed E-state index contributed by atoms with van der Waals surface area (Å²) in [4.78, 5) is 25.4. The number of hydrogen-bond donors (Lipinski definition) is 2. The number of rotatable bonds is 4. The molecule has 2 amide bonds. The van der Waals surface area contributed by atoms with Gasteiger partial charge in [0.1, 0.15) is 0 Å². The molecule has 0 radical (unpaired) electrons. The summed E-state index contributed by atoms with van der Waals surface area (Å²) >= 11 is 0. The van der Waals surface area contributed by atoms with Gasteiger partial charge in [0.25, 0.3) is 0 Å². The molecule has 1 rings (SSSR count). The van der Waals surface area contributed by atoms with Crippen LogP contribution in [0.25, 0.3) is 0 Å². The quantitative estimate of drug-likeness (QED) is 0.761. The third kappa shape index (κ3) is 3.70. The number of nitrogens with one attached hydrogen (secondary N) is 1. The summed E-state index contributed by atoms with van der Waals surface area (Å²) in [5, 5.41) is 2.60. The smallest absolute Gasteiger partial charge is 0.227 e. The minimum absolute atomic E-state index is 0.0241. The van der Waals surface area contributed by atoms with Gasteiger partial charge in [-0.3, -0.25) is 9.59 Å². The van der Waals surface area contributed by atoms with E-state index in [4.69, 9.17) is 5.73 Å². The Hall–Kier alpha value is -1.10. The van der Waals surface area contributed by atoms with Crippen LogP contribution in [0.2, 0.25) is 0 Å². The van der Waals surface area contributed by atoms with E-state index < -0.39 is 0 Å². The highest BCUT2D eigenvalue weighted by atomic mass is 16.2. The zero-order valence-electron chi connectivity index (χ0n) is 11.6. The van der Waals surface area contributed by atoms with Gasteiger partial charge in [-0.25, -0.2) is 0 Å². The number of nitrogens with zero attached hydrogens (tertiary/aromatic N) is 1. The molecule has 0 aromatic carbocycles. The predicted molar refractivity (Wildman–Crippen MR) is 70.8 cm³/mol. The molecular weight excluding hydrogens is 230 g/mol. The third-order valence-electron chi connectivity index (χ3n) is 3.75. The molecule has 5 heteroatoms. The molecule has 0 bridgehead atoms. The van der Waals surface area contributed by atoms with Gasteiger partial charge in [-0.1, -0.05) is 19.8 Å². The molecule has 1 fully saturated rings. The zero-order valence-corrected chi connectivity index (χ0v) is 11.6. The van der Waals surface area contributed by atoms with Crippen LogP contribution < -0.4 is 11.1 Å². The van der Waals surface area contributed by atoms with Crippen LogP contribution in [0.4, 0.5) is 0 Å². The molecule has 104 valence electrons. The van der Waals surface area contributed by atoms with Crippen molar-refractivity contribution >= 4 is 11.8 Å². The lowest BCUT2D eigenvalue weighted by Gasteiger charge is -2.31. The summed E-state index contributed by atoms with van der Waals surface area (Å²) in [6.07, 6.45) is 3.99. The first kappa shape index (κ1) is 15.0. The van der Waals surface area contributed by atoms with E-state index in [1.54, 1.807) is 19.0 Å². The lowest BCUT2D eigenvalue weighted by molar-refractivity contribution is -0.137. The molecule has 0 aromatic heterocycles. The van der Waals surface area contributed by atoms with Crippen LogP contribution in [-0.4, -0.2) is 43.4 Å². The zero-order chi connectivity index (χ0) is 13.7. The largest absolute Gasteiger partial charge is 0.359 e. The number of carbonyl (C=O) groups is 2. The average Bonchev–Trinajstić information content (AvgIpc) is 2.37. The molecule has 3 atom stereocenters. The molecule has 18 heavy (non-hydrogen) atoms. The van der Waals surface area contributed by atoms with Gasteiger partial charge in [-0.15, -0.1) is 0 Å². The van der Waals surface area contributed by atoms with E-state index in [0.29, 0.717) is 6.54 Å². The fraction of sp³-hybridized carbons (Fsp3) is 0.846. The van der Waals surface area contributed by atoms with E-state index >= 15 is 0 Å². The van der Waals surface area contributed by atoms with Crippen LogP contribution in [0, 0.1) is 11.8 Å². The van der Waals surface area contributed by atoms with Crippen molar-refractivity contribution in [1.82, 2.24) is 10.2 Å². The maximum atomic E-state index is 12.3. The van der Waals surface area contributed by atoms with Crippen molar-refractivity contribution < 1.29 is 9.59 Å². The van der Waals surface area contributed by atoms with Gasteiger partial charge in [0.15, 0.2) is 0 Å². The molecule has 1 saturated carbocycles. The molecule has 0 aliphatic heterocycles. The molecule has 1 aliphatic carbocycles. The summed E-state index contributed by atoms with van der Waals surface area (Å²) in [6.45, 7) is 2.27. The normalized spacial score (nSPS) is 25.3. The summed E-state index contributed by atoms with van der Waals surface area (Å²) in [6, 6.07) is -0.0241. The summed E-state index contributed by atoms with van der Waals surface area (Å²) < 4.78 is 0. The fourth-order valence-electron chi connectivity index (χ4n) is 2.58. The Morgan fingerprint density at radius 1 is 1.39 bits per heavy atom. The van der Waals surface area contributed by atoms with Gasteiger partial charge in [0.05, 0.1) is 11.8 Å². The SMILES string of the molecule is CNC(=O)C(C)CN(C)C(=O)C1CCCCC1N. The van der Waals surface area contributed by atoms with E-state index in [2.05, 4.69) is 5.32 Å². The van der Waals surface area contributed by atoms with Crippen LogP contribution in [0.15, 0.2) is 0 Å². The van der Waals surface area contributed by atoms with Crippen molar-refractivity contribution in [2.45, 2.75) is 38.6 Å². The van der Waals surface area contributed by atoms with Gasteiger partial charge in [0, 0.05) is 26.7 Å². The first-order chi connectivity index (χ1) is 8.47. The monoisotopic (exact) mass is 255 g/mol. The molecule has 1 aliphatic rings. The van der Waals surface area contributed by atoms with Crippen molar-refractivity contribution in [3.05, 3.63) is 0 Å². The molecule has 0 aromatic rings. The van der Waals surface area contributed by atoms with E-state index in [1.807, 2.05) is 6.92 Å². The van der Waals surface area contributed by atoms with Crippen LogP contribution in [0.1, 0.15) is 32.6 Å². The first-order valence-electron chi connectivity index (χ1n) is 6.69. The number of hydrogen-bond acceptors (Lipinski definition) is 3. The highest BCUT2D eigenvalue weighted by Crippen LogP contribution is 2.24. The highest BCUT2D eigenvalue weighted by Gasteiger charge is 2.31. The molecule has 5 nitrogen and oxygen atoms in total. The van der Waals surface area contributed by atoms with Crippen molar-refractivity contribution in [2.75, 3.05) is 20.6 Å². The van der Waals surface area contributed by atoms with Crippen LogP contribution in [0.3, 0.4) is 0 Å². The number of nitrogens with two attached hydrogens (primary N) is 1. The van der Waals surface area contributed by atoms with E-state index in [0.717, 1.165) is 25.7 Å². The van der Waals surface area contributed by atoms with Crippen molar-refractivity contribution in [2.24, 2.45) is 17.6 Å². The topological polar surface area (TPSA) is 75.4 Å². The molecular formula is C13H25N3O2. The van der Waals surface area contributed by atoms with Gasteiger partial charge in [0.2, 0.25) is 11.8 Å². The minimum atomic E-state index is -0.191.